The number of hydrogen-bond donors (Lipinski definition) is 0. The average molecular weight is 369 g/mol. The summed E-state index contributed by atoms with van der Waals surface area (Å²) in [5.74, 6) is 0. The highest BCUT2D eigenvalue weighted by Crippen LogP contribution is 2.66. The van der Waals surface area contributed by atoms with E-state index in [9.17, 15) is 0 Å². The largest absolute Gasteiger partial charge is 0.256 e. The SMILES string of the molecule is CC(C)(C)c1c(P(P)PP)cc2ncccc2c1C(C)(C)C. The monoisotopic (exact) mass is 369 g/mol. The zero-order valence-electron chi connectivity index (χ0n) is 14.4. The molecule has 4 atom stereocenters. The lowest BCUT2D eigenvalue weighted by Gasteiger charge is -2.35. The summed E-state index contributed by atoms with van der Waals surface area (Å²) in [6, 6.07) is 6.63. The topological polar surface area (TPSA) is 12.9 Å². The first-order valence-electron chi connectivity index (χ1n) is 7.51. The Balaban J connectivity index is 3.01. The summed E-state index contributed by atoms with van der Waals surface area (Å²) >= 11 is 0. The Bertz CT molecular complexity index is 683. The molecule has 120 valence electrons. The summed E-state index contributed by atoms with van der Waals surface area (Å²) < 4.78 is 0. The molecule has 0 saturated carbocycles. The smallest absolute Gasteiger partial charge is 0.0711 e. The summed E-state index contributed by atoms with van der Waals surface area (Å²) in [6.45, 7) is 14.0. The molecule has 2 aromatic rings. The molecular formula is C17H27NP4. The third kappa shape index (κ3) is 3.70. The van der Waals surface area contributed by atoms with Gasteiger partial charge in [-0.1, -0.05) is 55.6 Å². The zero-order valence-corrected chi connectivity index (χ0v) is 18.6. The summed E-state index contributed by atoms with van der Waals surface area (Å²) in [5, 5.41) is 2.81. The van der Waals surface area contributed by atoms with Crippen LogP contribution in [0.15, 0.2) is 24.4 Å². The van der Waals surface area contributed by atoms with Crippen LogP contribution in [0.5, 0.6) is 0 Å². The fourth-order valence-corrected chi connectivity index (χ4v) is 6.90. The van der Waals surface area contributed by atoms with Gasteiger partial charge in [-0.25, -0.2) is 0 Å². The number of nitrogens with zero attached hydrogens (tertiary/aromatic N) is 1. The van der Waals surface area contributed by atoms with Crippen LogP contribution in [0, 0.1) is 0 Å². The van der Waals surface area contributed by atoms with Crippen LogP contribution >= 0.6 is 33.1 Å². The summed E-state index contributed by atoms with van der Waals surface area (Å²) in [5.41, 5.74) is 4.36. The van der Waals surface area contributed by atoms with Gasteiger partial charge in [-0.2, -0.15) is 0 Å². The van der Waals surface area contributed by atoms with Crippen molar-refractivity contribution in [3.63, 3.8) is 0 Å². The normalized spacial score (nSPS) is 14.9. The first-order valence-corrected chi connectivity index (χ1v) is 14.1. The maximum Gasteiger partial charge on any atom is 0.0711 e. The first kappa shape index (κ1) is 18.7. The predicted molar refractivity (Wildman–Crippen MR) is 113 cm³/mol. The van der Waals surface area contributed by atoms with E-state index in [1.165, 1.54) is 21.8 Å². The minimum Gasteiger partial charge on any atom is -0.256 e. The third-order valence-electron chi connectivity index (χ3n) is 3.79. The molecule has 0 radical (unpaired) electrons. The maximum absolute atomic E-state index is 4.65. The highest BCUT2D eigenvalue weighted by molar-refractivity contribution is 8.63. The molecule has 0 bridgehead atoms. The number of rotatable bonds is 2. The molecule has 1 nitrogen and oxygen atoms in total. The van der Waals surface area contributed by atoms with Crippen LogP contribution in [0.3, 0.4) is 0 Å². The van der Waals surface area contributed by atoms with E-state index in [-0.39, 0.29) is 18.1 Å². The van der Waals surface area contributed by atoms with Crippen molar-refractivity contribution in [2.75, 3.05) is 0 Å². The predicted octanol–water partition coefficient (Wildman–Crippen LogP) is 6.11. The molecule has 2 rings (SSSR count). The number of benzene rings is 1. The van der Waals surface area contributed by atoms with Crippen molar-refractivity contribution in [3.8, 4) is 0 Å². The van der Waals surface area contributed by atoms with Crippen molar-refractivity contribution in [3.05, 3.63) is 35.5 Å². The fraction of sp³-hybridized carbons (Fsp3) is 0.471. The molecule has 0 aliphatic carbocycles. The molecular weight excluding hydrogens is 342 g/mol. The van der Waals surface area contributed by atoms with Crippen LogP contribution in [0.25, 0.3) is 10.9 Å². The summed E-state index contributed by atoms with van der Waals surface area (Å²) in [4.78, 5) is 4.65. The number of hydrogen-bond acceptors (Lipinski definition) is 1. The van der Waals surface area contributed by atoms with Crippen LogP contribution in [0.1, 0.15) is 52.7 Å². The van der Waals surface area contributed by atoms with Gasteiger partial charge in [0.15, 0.2) is 0 Å². The van der Waals surface area contributed by atoms with E-state index < -0.39 is 0 Å². The summed E-state index contributed by atoms with van der Waals surface area (Å²) in [7, 11) is 6.64. The molecule has 1 aromatic carbocycles. The molecule has 0 aliphatic rings. The highest BCUT2D eigenvalue weighted by Gasteiger charge is 2.31. The van der Waals surface area contributed by atoms with E-state index in [2.05, 4.69) is 82.6 Å². The minimum absolute atomic E-state index is 0.102. The lowest BCUT2D eigenvalue weighted by atomic mass is 9.73. The van der Waals surface area contributed by atoms with Gasteiger partial charge in [0.05, 0.1) is 5.52 Å². The van der Waals surface area contributed by atoms with Crippen LogP contribution in [-0.2, 0) is 10.8 Å². The van der Waals surface area contributed by atoms with Crippen LogP contribution < -0.4 is 5.30 Å². The molecule has 0 spiro atoms. The Hall–Kier alpha value is 0.350. The Morgan fingerprint density at radius 3 is 2.14 bits per heavy atom. The van der Waals surface area contributed by atoms with Gasteiger partial charge in [-0.3, -0.25) is 4.98 Å². The second kappa shape index (κ2) is 6.69. The average Bonchev–Trinajstić information content (AvgIpc) is 2.42. The quantitative estimate of drug-likeness (QED) is 0.582. The first-order chi connectivity index (χ1) is 10.1. The second-order valence-corrected chi connectivity index (χ2v) is 16.8. The molecule has 5 heteroatoms. The van der Waals surface area contributed by atoms with Crippen molar-refractivity contribution < 1.29 is 0 Å². The van der Waals surface area contributed by atoms with Crippen LogP contribution in [0.2, 0.25) is 0 Å². The molecule has 0 aliphatic heterocycles. The van der Waals surface area contributed by atoms with Gasteiger partial charge >= 0.3 is 0 Å². The number of pyridine rings is 1. The van der Waals surface area contributed by atoms with Gasteiger partial charge in [0.1, 0.15) is 0 Å². The lowest BCUT2D eigenvalue weighted by molar-refractivity contribution is 0.537. The van der Waals surface area contributed by atoms with Crippen molar-refractivity contribution in [1.82, 2.24) is 4.98 Å². The summed E-state index contributed by atoms with van der Waals surface area (Å²) in [6.07, 6.45) is 1.91. The molecule has 0 saturated heterocycles. The number of aromatic nitrogens is 1. The minimum atomic E-state index is -0.228. The molecule has 0 N–H and O–H groups in total. The van der Waals surface area contributed by atoms with Gasteiger partial charge < -0.3 is 0 Å². The van der Waals surface area contributed by atoms with Crippen molar-refractivity contribution >= 4 is 49.3 Å². The van der Waals surface area contributed by atoms with Gasteiger partial charge in [0.2, 0.25) is 0 Å². The molecule has 1 aromatic heterocycles. The van der Waals surface area contributed by atoms with Crippen molar-refractivity contribution in [1.29, 1.82) is 0 Å². The molecule has 1 heterocycles. The Morgan fingerprint density at radius 1 is 1.05 bits per heavy atom. The number of fused-ring (bicyclic) bond motifs is 1. The van der Waals surface area contributed by atoms with E-state index in [0.717, 1.165) is 13.5 Å². The van der Waals surface area contributed by atoms with E-state index in [1.807, 2.05) is 6.20 Å². The zero-order chi connectivity index (χ0) is 16.7. The van der Waals surface area contributed by atoms with Gasteiger partial charge in [-0.05, 0) is 46.7 Å². The maximum atomic E-state index is 4.65. The Kier molecular flexibility index (Phi) is 5.68. The van der Waals surface area contributed by atoms with Crippen LogP contribution in [-0.4, -0.2) is 4.98 Å². The van der Waals surface area contributed by atoms with Crippen LogP contribution in [0.4, 0.5) is 0 Å². The second-order valence-electron chi connectivity index (χ2n) is 7.71. The molecule has 0 fully saturated rings. The molecule has 22 heavy (non-hydrogen) atoms. The van der Waals surface area contributed by atoms with Gasteiger partial charge in [0, 0.05) is 11.6 Å². The molecule has 0 amide bonds. The van der Waals surface area contributed by atoms with E-state index in [4.69, 9.17) is 0 Å². The molecule has 4 unspecified atom stereocenters. The van der Waals surface area contributed by atoms with Crippen molar-refractivity contribution in [2.24, 2.45) is 0 Å². The van der Waals surface area contributed by atoms with E-state index in [1.54, 1.807) is 0 Å². The standard InChI is InChI=1S/C17H27NP4/c1-16(2,3)14-11-8-7-9-18-12(11)10-13(22(20)21-19)15(14)17(4,5)6/h7-10,21H,19-20H2,1-6H3. The Morgan fingerprint density at radius 2 is 1.64 bits per heavy atom. The van der Waals surface area contributed by atoms with Crippen molar-refractivity contribution in [2.45, 2.75) is 52.4 Å². The van der Waals surface area contributed by atoms with Gasteiger partial charge in [0.25, 0.3) is 0 Å². The highest BCUT2D eigenvalue weighted by atomic mass is 32.6. The lowest BCUT2D eigenvalue weighted by Crippen LogP contribution is -2.28. The third-order valence-corrected chi connectivity index (χ3v) is 13.9. The fourth-order valence-electron chi connectivity index (χ4n) is 3.01. The Labute approximate surface area is 142 Å². The van der Waals surface area contributed by atoms with Gasteiger partial charge in [-0.15, -0.1) is 17.9 Å². The van der Waals surface area contributed by atoms with E-state index in [0.29, 0.717) is 0 Å². The van der Waals surface area contributed by atoms with E-state index >= 15 is 0 Å².